The zero-order valence-corrected chi connectivity index (χ0v) is 17.9. The summed E-state index contributed by atoms with van der Waals surface area (Å²) >= 11 is 1.02. The van der Waals surface area contributed by atoms with Crippen LogP contribution in [0.3, 0.4) is 0 Å². The van der Waals surface area contributed by atoms with E-state index in [0.717, 1.165) is 31.2 Å². The number of carbonyl (C=O) groups is 1. The van der Waals surface area contributed by atoms with Crippen LogP contribution in [0.5, 0.6) is 0 Å². The molecule has 9 heteroatoms. The molecule has 0 bridgehead atoms. The number of sulfonamides is 1. The van der Waals surface area contributed by atoms with Gasteiger partial charge >= 0.3 is 0 Å². The molecule has 2 fully saturated rings. The van der Waals surface area contributed by atoms with Gasteiger partial charge in [0, 0.05) is 32.1 Å². The lowest BCUT2D eigenvalue weighted by Crippen LogP contribution is -2.48. The zero-order chi connectivity index (χ0) is 19.9. The van der Waals surface area contributed by atoms with Gasteiger partial charge < -0.3 is 4.90 Å². The Morgan fingerprint density at radius 1 is 1.11 bits per heavy atom. The number of amides is 1. The molecule has 1 amide bonds. The highest BCUT2D eigenvalue weighted by atomic mass is 32.2. The van der Waals surface area contributed by atoms with Gasteiger partial charge in [-0.05, 0) is 43.2 Å². The third-order valence-electron chi connectivity index (χ3n) is 5.85. The van der Waals surface area contributed by atoms with E-state index in [1.165, 1.54) is 4.31 Å². The highest BCUT2D eigenvalue weighted by Gasteiger charge is 2.36. The lowest BCUT2D eigenvalue weighted by molar-refractivity contribution is -0.139. The summed E-state index contributed by atoms with van der Waals surface area (Å²) in [6.45, 7) is 6.76. The number of benzene rings is 1. The molecule has 2 unspecified atom stereocenters. The average Bonchev–Trinajstić information content (AvgIpc) is 3.15. The van der Waals surface area contributed by atoms with Crippen molar-refractivity contribution in [2.75, 3.05) is 26.2 Å². The summed E-state index contributed by atoms with van der Waals surface area (Å²) in [4.78, 5) is 15.2. The van der Waals surface area contributed by atoms with Gasteiger partial charge in [0.25, 0.3) is 0 Å². The normalized spacial score (nSPS) is 25.3. The van der Waals surface area contributed by atoms with Crippen LogP contribution in [0, 0.1) is 17.8 Å². The maximum atomic E-state index is 13.1. The fraction of sp³-hybridized carbons (Fsp3) is 0.632. The van der Waals surface area contributed by atoms with Gasteiger partial charge in [-0.25, -0.2) is 8.42 Å². The summed E-state index contributed by atoms with van der Waals surface area (Å²) in [7, 11) is -3.64. The number of aromatic nitrogens is 2. The smallest absolute Gasteiger partial charge is 0.245 e. The van der Waals surface area contributed by atoms with E-state index in [4.69, 9.17) is 0 Å². The highest BCUT2D eigenvalue weighted by molar-refractivity contribution is 7.89. The zero-order valence-electron chi connectivity index (χ0n) is 16.2. The monoisotopic (exact) mass is 422 g/mol. The first-order valence-corrected chi connectivity index (χ1v) is 12.0. The predicted molar refractivity (Wildman–Crippen MR) is 108 cm³/mol. The van der Waals surface area contributed by atoms with E-state index in [9.17, 15) is 13.2 Å². The summed E-state index contributed by atoms with van der Waals surface area (Å²) in [6.07, 6.45) is 2.31. The van der Waals surface area contributed by atoms with Crippen molar-refractivity contribution in [1.29, 1.82) is 0 Å². The second-order valence-corrected chi connectivity index (χ2v) is 10.7. The lowest BCUT2D eigenvalue weighted by Gasteiger charge is -2.39. The molecular weight excluding hydrogens is 396 g/mol. The Hall–Kier alpha value is -1.58. The molecule has 7 nitrogen and oxygen atoms in total. The molecule has 0 saturated carbocycles. The molecule has 2 atom stereocenters. The molecule has 1 aromatic heterocycles. The Bertz CT molecular complexity index is 956. The molecule has 152 valence electrons. The van der Waals surface area contributed by atoms with Crippen LogP contribution in [0.2, 0.25) is 0 Å². The fourth-order valence-electron chi connectivity index (χ4n) is 4.57. The van der Waals surface area contributed by atoms with E-state index in [1.54, 1.807) is 18.2 Å². The van der Waals surface area contributed by atoms with Gasteiger partial charge in [0.1, 0.15) is 15.9 Å². The van der Waals surface area contributed by atoms with Crippen molar-refractivity contribution in [2.24, 2.45) is 17.8 Å². The summed E-state index contributed by atoms with van der Waals surface area (Å²) in [5.41, 5.74) is 1.03. The van der Waals surface area contributed by atoms with Crippen molar-refractivity contribution in [3.8, 4) is 0 Å². The first-order chi connectivity index (χ1) is 13.4. The first kappa shape index (κ1) is 19.7. The minimum Gasteiger partial charge on any atom is -0.342 e. The van der Waals surface area contributed by atoms with Crippen molar-refractivity contribution < 1.29 is 13.2 Å². The van der Waals surface area contributed by atoms with Gasteiger partial charge in [-0.15, -0.1) is 0 Å². The molecule has 4 rings (SSSR count). The molecule has 2 aliphatic rings. The first-order valence-electron chi connectivity index (χ1n) is 9.86. The molecule has 2 aromatic rings. The van der Waals surface area contributed by atoms with Crippen LogP contribution in [-0.4, -0.2) is 58.5 Å². The van der Waals surface area contributed by atoms with Gasteiger partial charge in [-0.3, -0.25) is 4.79 Å². The molecule has 2 saturated heterocycles. The molecule has 0 radical (unpaired) electrons. The van der Waals surface area contributed by atoms with Crippen LogP contribution in [0.25, 0.3) is 11.0 Å². The number of rotatable bonds is 3. The van der Waals surface area contributed by atoms with Crippen molar-refractivity contribution in [1.82, 2.24) is 18.0 Å². The average molecular weight is 423 g/mol. The molecule has 3 heterocycles. The maximum Gasteiger partial charge on any atom is 0.245 e. The number of carbonyl (C=O) groups excluding carboxylic acids is 1. The van der Waals surface area contributed by atoms with E-state index < -0.39 is 10.0 Å². The molecule has 0 spiro atoms. The second kappa shape index (κ2) is 7.68. The van der Waals surface area contributed by atoms with Gasteiger partial charge in [0.05, 0.1) is 11.7 Å². The molecular formula is C19H26N4O3S2. The Morgan fingerprint density at radius 3 is 2.46 bits per heavy atom. The van der Waals surface area contributed by atoms with Crippen LogP contribution in [-0.2, 0) is 14.8 Å². The summed E-state index contributed by atoms with van der Waals surface area (Å²) < 4.78 is 36.1. The topological polar surface area (TPSA) is 83.5 Å². The number of piperidine rings is 2. The van der Waals surface area contributed by atoms with Gasteiger partial charge in [-0.1, -0.05) is 19.9 Å². The van der Waals surface area contributed by atoms with Crippen molar-refractivity contribution in [3.05, 3.63) is 18.2 Å². The van der Waals surface area contributed by atoms with Gasteiger partial charge in [0.2, 0.25) is 15.9 Å². The highest BCUT2D eigenvalue weighted by Crippen LogP contribution is 2.30. The molecule has 0 N–H and O–H groups in total. The summed E-state index contributed by atoms with van der Waals surface area (Å²) in [6, 6.07) is 5.06. The Morgan fingerprint density at radius 2 is 1.79 bits per heavy atom. The molecule has 0 aliphatic carbocycles. The number of fused-ring (bicyclic) bond motifs is 1. The van der Waals surface area contributed by atoms with Crippen molar-refractivity contribution >= 4 is 38.7 Å². The Kier molecular flexibility index (Phi) is 5.41. The quantitative estimate of drug-likeness (QED) is 0.759. The number of hydrogen-bond donors (Lipinski definition) is 0. The van der Waals surface area contributed by atoms with Gasteiger partial charge in [-0.2, -0.15) is 13.1 Å². The molecule has 28 heavy (non-hydrogen) atoms. The second-order valence-electron chi connectivity index (χ2n) is 8.26. The lowest BCUT2D eigenvalue weighted by atomic mass is 9.89. The molecule has 2 aliphatic heterocycles. The third-order valence-corrected chi connectivity index (χ3v) is 8.32. The van der Waals surface area contributed by atoms with Gasteiger partial charge in [0.15, 0.2) is 0 Å². The third kappa shape index (κ3) is 3.67. The largest absolute Gasteiger partial charge is 0.342 e. The Labute approximate surface area is 170 Å². The fourth-order valence-corrected chi connectivity index (χ4v) is 6.80. The minimum absolute atomic E-state index is 0.0827. The number of hydrogen-bond acceptors (Lipinski definition) is 6. The summed E-state index contributed by atoms with van der Waals surface area (Å²) in [5.74, 6) is 1.17. The van der Waals surface area contributed by atoms with E-state index in [2.05, 4.69) is 22.6 Å². The SMILES string of the molecule is CC1CC(C)CN(C(=O)C2CCN(S(=O)(=O)c3cccc4nsnc34)CC2)C1. The summed E-state index contributed by atoms with van der Waals surface area (Å²) in [5, 5.41) is 0. The van der Waals surface area contributed by atoms with Crippen LogP contribution in [0.15, 0.2) is 23.1 Å². The number of nitrogens with zero attached hydrogens (tertiary/aromatic N) is 4. The van der Waals surface area contributed by atoms with Crippen LogP contribution in [0.1, 0.15) is 33.1 Å². The molecule has 1 aromatic carbocycles. The standard InChI is InChI=1S/C19H26N4O3S2/c1-13-10-14(2)12-22(11-13)19(24)15-6-8-23(9-7-15)28(25,26)17-5-3-4-16-18(17)21-27-20-16/h3-5,13-15H,6-12H2,1-2H3. The van der Waals surface area contributed by atoms with Crippen molar-refractivity contribution in [3.63, 3.8) is 0 Å². The minimum atomic E-state index is -3.64. The van der Waals surface area contributed by atoms with Crippen LogP contribution < -0.4 is 0 Å². The van der Waals surface area contributed by atoms with E-state index >= 15 is 0 Å². The maximum absolute atomic E-state index is 13.1. The van der Waals surface area contributed by atoms with E-state index in [1.807, 2.05) is 4.90 Å². The number of likely N-dealkylation sites (tertiary alicyclic amines) is 1. The van der Waals surface area contributed by atoms with Crippen LogP contribution in [0.4, 0.5) is 0 Å². The van der Waals surface area contributed by atoms with E-state index in [0.29, 0.717) is 48.8 Å². The Balaban J connectivity index is 1.45. The van der Waals surface area contributed by atoms with E-state index in [-0.39, 0.29) is 16.7 Å². The van der Waals surface area contributed by atoms with Crippen molar-refractivity contribution in [2.45, 2.75) is 38.0 Å². The van der Waals surface area contributed by atoms with Crippen LogP contribution >= 0.6 is 11.7 Å². The predicted octanol–water partition coefficient (Wildman–Crippen LogP) is 2.60.